The molecule has 0 radical (unpaired) electrons. The molecule has 1 fully saturated rings. The van der Waals surface area contributed by atoms with E-state index in [0.29, 0.717) is 24.8 Å². The normalized spacial score (nSPS) is 17.5. The third kappa shape index (κ3) is 8.33. The van der Waals surface area contributed by atoms with Crippen molar-refractivity contribution in [1.29, 1.82) is 0 Å². The Balaban J connectivity index is 1.42. The molecule has 9 heteroatoms. The second-order valence-electron chi connectivity index (χ2n) is 9.51. The maximum Gasteiger partial charge on any atom is 0.306 e. The quantitative estimate of drug-likeness (QED) is 0.422. The first-order chi connectivity index (χ1) is 17.2. The molecule has 8 nitrogen and oxygen atoms in total. The third-order valence-corrected chi connectivity index (χ3v) is 7.04. The van der Waals surface area contributed by atoms with E-state index in [0.717, 1.165) is 47.6 Å². The van der Waals surface area contributed by atoms with Crippen LogP contribution in [0.15, 0.2) is 23.6 Å². The molecule has 2 amide bonds. The van der Waals surface area contributed by atoms with E-state index in [1.807, 2.05) is 13.0 Å². The van der Waals surface area contributed by atoms with Crippen LogP contribution in [0, 0.1) is 6.92 Å². The summed E-state index contributed by atoms with van der Waals surface area (Å²) < 4.78 is 10.9. The zero-order valence-corrected chi connectivity index (χ0v) is 22.4. The molecular formula is C27H37N3O5S. The fourth-order valence-corrected chi connectivity index (χ4v) is 4.94. The minimum atomic E-state index is -0.355. The molecule has 1 aliphatic rings. The second-order valence-corrected chi connectivity index (χ2v) is 10.4. The lowest BCUT2D eigenvalue weighted by Crippen LogP contribution is -2.43. The van der Waals surface area contributed by atoms with Crippen LogP contribution in [-0.4, -0.2) is 41.5 Å². The van der Waals surface area contributed by atoms with Crippen LogP contribution in [0.25, 0.3) is 0 Å². The van der Waals surface area contributed by atoms with Crippen molar-refractivity contribution in [1.82, 2.24) is 15.6 Å². The number of carbonyl (C=O) groups excluding carboxylic acids is 3. The van der Waals surface area contributed by atoms with E-state index in [9.17, 15) is 14.4 Å². The largest absolute Gasteiger partial charge is 0.486 e. The van der Waals surface area contributed by atoms with Crippen molar-refractivity contribution >= 4 is 29.1 Å². The van der Waals surface area contributed by atoms with Crippen LogP contribution in [0.1, 0.15) is 91.8 Å². The zero-order chi connectivity index (χ0) is 26.1. The maximum atomic E-state index is 12.7. The summed E-state index contributed by atoms with van der Waals surface area (Å²) in [7, 11) is 0. The molecule has 1 aromatic heterocycles. The van der Waals surface area contributed by atoms with Gasteiger partial charge >= 0.3 is 5.97 Å². The van der Waals surface area contributed by atoms with Crippen LogP contribution >= 0.6 is 11.3 Å². The number of thiazole rings is 1. The summed E-state index contributed by atoms with van der Waals surface area (Å²) in [5.74, 6) is 0.533. The average Bonchev–Trinajstić information content (AvgIpc) is 3.32. The first-order valence-corrected chi connectivity index (χ1v) is 13.6. The number of nitrogens with one attached hydrogen (secondary N) is 2. The van der Waals surface area contributed by atoms with Gasteiger partial charge in [-0.3, -0.25) is 14.4 Å². The smallest absolute Gasteiger partial charge is 0.306 e. The number of aryl methyl sites for hydroxylation is 1. The summed E-state index contributed by atoms with van der Waals surface area (Å²) in [6.45, 7) is 8.69. The van der Waals surface area contributed by atoms with Crippen molar-refractivity contribution < 1.29 is 23.9 Å². The standard InChI is InChI=1S/C27H37N3O5S/c1-5-34-26(32)13-12-24(31)28-19-7-9-20(10-8-19)29-27(33)22-16-36-25(30-22)15-35-23-14-18(4)6-11-21(23)17(2)3/h6,11,14,16-17,19-20H,5,7-10,12-13,15H2,1-4H3,(H,28,31)(H,29,33). The Morgan fingerprint density at radius 2 is 1.78 bits per heavy atom. The van der Waals surface area contributed by atoms with E-state index >= 15 is 0 Å². The first-order valence-electron chi connectivity index (χ1n) is 12.7. The molecule has 36 heavy (non-hydrogen) atoms. The molecule has 1 saturated carbocycles. The van der Waals surface area contributed by atoms with E-state index in [1.165, 1.54) is 11.3 Å². The van der Waals surface area contributed by atoms with Crippen LogP contribution in [0.5, 0.6) is 5.75 Å². The monoisotopic (exact) mass is 515 g/mol. The first kappa shape index (κ1) is 27.6. The lowest BCUT2D eigenvalue weighted by Gasteiger charge is -2.29. The summed E-state index contributed by atoms with van der Waals surface area (Å²) in [5, 5.41) is 8.58. The van der Waals surface area contributed by atoms with Crippen molar-refractivity contribution in [2.45, 2.75) is 90.8 Å². The summed E-state index contributed by atoms with van der Waals surface area (Å²) in [6, 6.07) is 6.33. The van der Waals surface area contributed by atoms with E-state index in [2.05, 4.69) is 41.6 Å². The van der Waals surface area contributed by atoms with Crippen molar-refractivity contribution in [3.63, 3.8) is 0 Å². The number of carbonyl (C=O) groups is 3. The Kier molecular flexibility index (Phi) is 10.3. The molecular weight excluding hydrogens is 478 g/mol. The van der Waals surface area contributed by atoms with Gasteiger partial charge in [-0.2, -0.15) is 0 Å². The summed E-state index contributed by atoms with van der Waals surface area (Å²) in [6.07, 6.45) is 3.34. The van der Waals surface area contributed by atoms with Crippen molar-refractivity contribution in [3.8, 4) is 5.75 Å². The summed E-state index contributed by atoms with van der Waals surface area (Å²) in [5.41, 5.74) is 2.70. The number of nitrogens with zero attached hydrogens (tertiary/aromatic N) is 1. The lowest BCUT2D eigenvalue weighted by atomic mass is 9.91. The molecule has 2 N–H and O–H groups in total. The number of esters is 1. The Hall–Kier alpha value is -2.94. The second kappa shape index (κ2) is 13.4. The molecule has 0 aliphatic heterocycles. The molecule has 0 spiro atoms. The Labute approximate surface area is 217 Å². The van der Waals surface area contributed by atoms with Gasteiger partial charge in [-0.15, -0.1) is 11.3 Å². The predicted octanol–water partition coefficient (Wildman–Crippen LogP) is 4.65. The minimum absolute atomic E-state index is 0.0486. The van der Waals surface area contributed by atoms with E-state index in [4.69, 9.17) is 9.47 Å². The summed E-state index contributed by atoms with van der Waals surface area (Å²) in [4.78, 5) is 40.7. The molecule has 1 heterocycles. The molecule has 0 bridgehead atoms. The molecule has 0 unspecified atom stereocenters. The van der Waals surface area contributed by atoms with Gasteiger partial charge in [0.15, 0.2) is 0 Å². The van der Waals surface area contributed by atoms with Crippen LogP contribution < -0.4 is 15.4 Å². The van der Waals surface area contributed by atoms with Crippen molar-refractivity contribution in [2.75, 3.05) is 6.61 Å². The lowest BCUT2D eigenvalue weighted by molar-refractivity contribution is -0.144. The topological polar surface area (TPSA) is 107 Å². The van der Waals surface area contributed by atoms with Crippen LogP contribution in [0.2, 0.25) is 0 Å². The zero-order valence-electron chi connectivity index (χ0n) is 21.6. The number of rotatable bonds is 11. The van der Waals surface area contributed by atoms with Gasteiger partial charge in [0.2, 0.25) is 5.91 Å². The highest BCUT2D eigenvalue weighted by Crippen LogP contribution is 2.28. The fourth-order valence-electron chi connectivity index (χ4n) is 4.25. The van der Waals surface area contributed by atoms with Crippen LogP contribution in [0.4, 0.5) is 0 Å². The molecule has 2 aromatic rings. The highest BCUT2D eigenvalue weighted by Gasteiger charge is 2.25. The van der Waals surface area contributed by atoms with E-state index < -0.39 is 0 Å². The molecule has 1 aromatic carbocycles. The molecule has 1 aliphatic carbocycles. The van der Waals surface area contributed by atoms with Gasteiger partial charge in [-0.1, -0.05) is 26.0 Å². The molecule has 0 atom stereocenters. The molecule has 0 saturated heterocycles. The van der Waals surface area contributed by atoms with Crippen LogP contribution in [0.3, 0.4) is 0 Å². The Morgan fingerprint density at radius 3 is 2.44 bits per heavy atom. The van der Waals surface area contributed by atoms with Gasteiger partial charge in [-0.05, 0) is 62.6 Å². The van der Waals surface area contributed by atoms with Gasteiger partial charge < -0.3 is 20.1 Å². The maximum absolute atomic E-state index is 12.7. The number of hydrogen-bond donors (Lipinski definition) is 2. The van der Waals surface area contributed by atoms with Crippen LogP contribution in [-0.2, 0) is 20.9 Å². The van der Waals surface area contributed by atoms with E-state index in [1.54, 1.807) is 12.3 Å². The molecule has 196 valence electrons. The number of aromatic nitrogens is 1. The highest BCUT2D eigenvalue weighted by molar-refractivity contribution is 7.09. The van der Waals surface area contributed by atoms with Crippen molar-refractivity contribution in [3.05, 3.63) is 45.4 Å². The van der Waals surface area contributed by atoms with Gasteiger partial charge in [-0.25, -0.2) is 4.98 Å². The number of amides is 2. The van der Waals surface area contributed by atoms with Gasteiger partial charge in [0.05, 0.1) is 13.0 Å². The minimum Gasteiger partial charge on any atom is -0.486 e. The fraction of sp³-hybridized carbons (Fsp3) is 0.556. The third-order valence-electron chi connectivity index (χ3n) is 6.22. The SMILES string of the molecule is CCOC(=O)CCC(=O)NC1CCC(NC(=O)c2csc(COc3cc(C)ccc3C(C)C)n2)CC1. The van der Waals surface area contributed by atoms with Gasteiger partial charge in [0, 0.05) is 23.9 Å². The van der Waals surface area contributed by atoms with Gasteiger partial charge in [0.25, 0.3) is 5.91 Å². The Morgan fingerprint density at radius 1 is 1.08 bits per heavy atom. The average molecular weight is 516 g/mol. The summed E-state index contributed by atoms with van der Waals surface area (Å²) >= 11 is 1.42. The highest BCUT2D eigenvalue weighted by atomic mass is 32.1. The van der Waals surface area contributed by atoms with Crippen molar-refractivity contribution in [2.24, 2.45) is 0 Å². The van der Waals surface area contributed by atoms with E-state index in [-0.39, 0.29) is 42.7 Å². The number of ether oxygens (including phenoxy) is 2. The number of hydrogen-bond acceptors (Lipinski definition) is 7. The number of benzene rings is 1. The predicted molar refractivity (Wildman–Crippen MR) is 139 cm³/mol. The molecule has 3 rings (SSSR count). The Bertz CT molecular complexity index is 1040. The van der Waals surface area contributed by atoms with Gasteiger partial charge in [0.1, 0.15) is 23.1 Å².